The molecule has 2 saturated heterocycles. The molecule has 5 nitrogen and oxygen atoms in total. The molecular formula is C19H24N4O. The third-order valence-corrected chi connectivity index (χ3v) is 5.51. The van der Waals surface area contributed by atoms with E-state index in [-0.39, 0.29) is 5.75 Å². The highest BCUT2D eigenvalue weighted by Crippen LogP contribution is 2.36. The van der Waals surface area contributed by atoms with Crippen LogP contribution in [0.15, 0.2) is 24.3 Å². The lowest BCUT2D eigenvalue weighted by Crippen LogP contribution is -2.58. The second-order valence-corrected chi connectivity index (χ2v) is 7.34. The molecule has 2 aliphatic rings. The highest BCUT2D eigenvalue weighted by atomic mass is 16.3. The Kier molecular flexibility index (Phi) is 3.68. The Balaban J connectivity index is 1.53. The first-order valence-corrected chi connectivity index (χ1v) is 8.66. The lowest BCUT2D eigenvalue weighted by atomic mass is 9.73. The van der Waals surface area contributed by atoms with Gasteiger partial charge in [0.05, 0.1) is 5.69 Å². The van der Waals surface area contributed by atoms with Crippen LogP contribution in [-0.4, -0.2) is 41.5 Å². The molecule has 2 N–H and O–H groups in total. The molecule has 0 saturated carbocycles. The Morgan fingerprint density at radius 3 is 2.38 bits per heavy atom. The molecule has 0 aliphatic carbocycles. The van der Waals surface area contributed by atoms with Crippen LogP contribution in [0.2, 0.25) is 0 Å². The minimum atomic E-state index is 0.270. The van der Waals surface area contributed by atoms with Crippen LogP contribution in [0.4, 0.5) is 5.82 Å². The van der Waals surface area contributed by atoms with Crippen molar-refractivity contribution in [3.63, 3.8) is 0 Å². The van der Waals surface area contributed by atoms with Crippen LogP contribution in [0.5, 0.6) is 5.75 Å². The van der Waals surface area contributed by atoms with Crippen LogP contribution < -0.4 is 10.2 Å². The van der Waals surface area contributed by atoms with E-state index in [1.54, 1.807) is 6.07 Å². The number of benzene rings is 1. The van der Waals surface area contributed by atoms with Crippen LogP contribution in [0, 0.1) is 19.3 Å². The van der Waals surface area contributed by atoms with Crippen molar-refractivity contribution in [1.29, 1.82) is 0 Å². The fourth-order valence-corrected chi connectivity index (χ4v) is 3.95. The summed E-state index contributed by atoms with van der Waals surface area (Å²) in [4.78, 5) is 2.32. The molecule has 1 aromatic carbocycles. The minimum Gasteiger partial charge on any atom is -0.507 e. The average Bonchev–Trinajstić information content (AvgIpc) is 2.53. The van der Waals surface area contributed by atoms with Gasteiger partial charge in [-0.2, -0.15) is 0 Å². The van der Waals surface area contributed by atoms with Gasteiger partial charge in [0, 0.05) is 31.7 Å². The van der Waals surface area contributed by atoms with Crippen LogP contribution in [0.25, 0.3) is 11.3 Å². The molecule has 0 atom stereocenters. The Morgan fingerprint density at radius 1 is 1.08 bits per heavy atom. The molecule has 5 heteroatoms. The smallest absolute Gasteiger partial charge is 0.151 e. The molecule has 1 spiro atoms. The first kappa shape index (κ1) is 15.4. The van der Waals surface area contributed by atoms with E-state index in [0.717, 1.165) is 54.4 Å². The van der Waals surface area contributed by atoms with E-state index in [4.69, 9.17) is 0 Å². The van der Waals surface area contributed by atoms with Gasteiger partial charge in [0.2, 0.25) is 0 Å². The fraction of sp³-hybridized carbons (Fsp3) is 0.474. The fourth-order valence-electron chi connectivity index (χ4n) is 3.95. The second kappa shape index (κ2) is 5.74. The molecule has 1 aromatic heterocycles. The molecule has 0 bridgehead atoms. The van der Waals surface area contributed by atoms with Crippen molar-refractivity contribution in [1.82, 2.24) is 15.5 Å². The number of nitrogens with zero attached hydrogens (tertiary/aromatic N) is 3. The number of nitrogens with one attached hydrogen (secondary N) is 1. The molecule has 3 heterocycles. The van der Waals surface area contributed by atoms with E-state index in [1.807, 2.05) is 26.0 Å². The number of aromatic nitrogens is 2. The molecule has 24 heavy (non-hydrogen) atoms. The zero-order valence-corrected chi connectivity index (χ0v) is 14.3. The van der Waals surface area contributed by atoms with E-state index in [9.17, 15) is 5.11 Å². The predicted molar refractivity (Wildman–Crippen MR) is 95.4 cm³/mol. The summed E-state index contributed by atoms with van der Waals surface area (Å²) in [6, 6.07) is 7.82. The number of aryl methyl sites for hydroxylation is 2. The molecule has 126 valence electrons. The largest absolute Gasteiger partial charge is 0.507 e. The van der Waals surface area contributed by atoms with Crippen molar-refractivity contribution >= 4 is 5.82 Å². The van der Waals surface area contributed by atoms with Crippen molar-refractivity contribution in [3.8, 4) is 17.0 Å². The van der Waals surface area contributed by atoms with Gasteiger partial charge in [-0.25, -0.2) is 0 Å². The standard InChI is InChI=1S/C19H24N4O/c1-13-9-14(2)18(16(24)10-13)15-3-4-17(22-21-15)23-7-5-19(6-8-23)11-20-12-19/h3-4,9-10,20,24H,5-8,11-12H2,1-2H3. The molecule has 2 aliphatic heterocycles. The summed E-state index contributed by atoms with van der Waals surface area (Å²) in [6.07, 6.45) is 2.45. The van der Waals surface area contributed by atoms with Crippen LogP contribution in [0.1, 0.15) is 24.0 Å². The van der Waals surface area contributed by atoms with Crippen molar-refractivity contribution in [3.05, 3.63) is 35.4 Å². The summed E-state index contributed by atoms with van der Waals surface area (Å²) in [5, 5.41) is 22.5. The average molecular weight is 324 g/mol. The number of rotatable bonds is 2. The zero-order valence-electron chi connectivity index (χ0n) is 14.3. The SMILES string of the molecule is Cc1cc(C)c(-c2ccc(N3CCC4(CC3)CNC4)nn2)c(O)c1. The number of piperidine rings is 1. The minimum absolute atomic E-state index is 0.270. The number of aromatic hydroxyl groups is 1. The molecule has 2 aromatic rings. The van der Waals surface area contributed by atoms with Crippen molar-refractivity contribution in [2.45, 2.75) is 26.7 Å². The van der Waals surface area contributed by atoms with Crippen LogP contribution in [-0.2, 0) is 0 Å². The van der Waals surface area contributed by atoms with E-state index >= 15 is 0 Å². The number of hydrogen-bond donors (Lipinski definition) is 2. The van der Waals surface area contributed by atoms with Gasteiger partial charge in [0.15, 0.2) is 5.82 Å². The van der Waals surface area contributed by atoms with E-state index in [0.29, 0.717) is 5.41 Å². The molecule has 0 radical (unpaired) electrons. The monoisotopic (exact) mass is 324 g/mol. The Morgan fingerprint density at radius 2 is 1.83 bits per heavy atom. The summed E-state index contributed by atoms with van der Waals surface area (Å²) in [7, 11) is 0. The molecule has 4 rings (SSSR count). The van der Waals surface area contributed by atoms with Crippen LogP contribution >= 0.6 is 0 Å². The first-order valence-electron chi connectivity index (χ1n) is 8.66. The van der Waals surface area contributed by atoms with Gasteiger partial charge < -0.3 is 15.3 Å². The quantitative estimate of drug-likeness (QED) is 0.889. The third-order valence-electron chi connectivity index (χ3n) is 5.51. The summed E-state index contributed by atoms with van der Waals surface area (Å²) in [5.74, 6) is 1.21. The lowest BCUT2D eigenvalue weighted by Gasteiger charge is -2.48. The van der Waals surface area contributed by atoms with E-state index in [2.05, 4.69) is 26.5 Å². The van der Waals surface area contributed by atoms with Gasteiger partial charge in [-0.15, -0.1) is 10.2 Å². The maximum absolute atomic E-state index is 10.3. The van der Waals surface area contributed by atoms with Gasteiger partial charge in [-0.3, -0.25) is 0 Å². The Bertz CT molecular complexity index is 719. The van der Waals surface area contributed by atoms with Gasteiger partial charge >= 0.3 is 0 Å². The number of phenols is 1. The predicted octanol–water partition coefficient (Wildman–Crippen LogP) is 2.66. The van der Waals surface area contributed by atoms with E-state index in [1.165, 1.54) is 12.8 Å². The summed E-state index contributed by atoms with van der Waals surface area (Å²) < 4.78 is 0. The highest BCUT2D eigenvalue weighted by Gasteiger charge is 2.39. The Hall–Kier alpha value is -2.14. The third kappa shape index (κ3) is 2.63. The molecular weight excluding hydrogens is 300 g/mol. The zero-order chi connectivity index (χ0) is 16.7. The summed E-state index contributed by atoms with van der Waals surface area (Å²) >= 11 is 0. The van der Waals surface area contributed by atoms with Gasteiger partial charge in [-0.1, -0.05) is 6.07 Å². The van der Waals surface area contributed by atoms with Crippen LogP contribution in [0.3, 0.4) is 0 Å². The number of hydrogen-bond acceptors (Lipinski definition) is 5. The van der Waals surface area contributed by atoms with Crippen molar-refractivity contribution in [2.24, 2.45) is 5.41 Å². The highest BCUT2D eigenvalue weighted by molar-refractivity contribution is 5.71. The lowest BCUT2D eigenvalue weighted by molar-refractivity contribution is 0.126. The number of phenolic OH excluding ortho intramolecular Hbond substituents is 1. The maximum atomic E-state index is 10.3. The topological polar surface area (TPSA) is 61.3 Å². The maximum Gasteiger partial charge on any atom is 0.151 e. The van der Waals surface area contributed by atoms with Crippen molar-refractivity contribution in [2.75, 3.05) is 31.1 Å². The first-order chi connectivity index (χ1) is 11.6. The summed E-state index contributed by atoms with van der Waals surface area (Å²) in [5.41, 5.74) is 4.11. The van der Waals surface area contributed by atoms with E-state index < -0.39 is 0 Å². The number of anilines is 1. The second-order valence-electron chi connectivity index (χ2n) is 7.34. The van der Waals surface area contributed by atoms with Gasteiger partial charge in [0.25, 0.3) is 0 Å². The summed E-state index contributed by atoms with van der Waals surface area (Å²) in [6.45, 7) is 8.39. The normalized spacial score (nSPS) is 19.3. The van der Waals surface area contributed by atoms with Gasteiger partial charge in [-0.05, 0) is 61.4 Å². The molecule has 0 unspecified atom stereocenters. The molecule has 2 fully saturated rings. The Labute approximate surface area is 142 Å². The molecule has 0 amide bonds. The van der Waals surface area contributed by atoms with Gasteiger partial charge in [0.1, 0.15) is 5.75 Å². The van der Waals surface area contributed by atoms with Crippen molar-refractivity contribution < 1.29 is 5.11 Å².